The number of hydrogen-bond acceptors (Lipinski definition) is 0. The summed E-state index contributed by atoms with van der Waals surface area (Å²) in [4.78, 5) is 0. The molecule has 94 valence electrons. The highest BCUT2D eigenvalue weighted by Crippen LogP contribution is 2.28. The van der Waals surface area contributed by atoms with Gasteiger partial charge in [0.05, 0.1) is 5.02 Å². The molecule has 0 saturated heterocycles. The summed E-state index contributed by atoms with van der Waals surface area (Å²) in [6.45, 7) is 4.40. The summed E-state index contributed by atoms with van der Waals surface area (Å²) in [5.74, 6) is 0.338. The maximum atomic E-state index is 13.0. The molecule has 0 unspecified atom stereocenters. The third-order valence-corrected chi connectivity index (χ3v) is 3.15. The zero-order valence-corrected chi connectivity index (χ0v) is 11.3. The van der Waals surface area contributed by atoms with Crippen LogP contribution in [0.1, 0.15) is 19.4 Å². The second-order valence-electron chi connectivity index (χ2n) is 4.92. The minimum atomic E-state index is -0.305. The van der Waals surface area contributed by atoms with Crippen molar-refractivity contribution in [3.8, 4) is 11.1 Å². The lowest BCUT2D eigenvalue weighted by Crippen LogP contribution is -1.93. The van der Waals surface area contributed by atoms with Crippen LogP contribution in [0.15, 0.2) is 42.5 Å². The third kappa shape index (κ3) is 3.11. The van der Waals surface area contributed by atoms with Gasteiger partial charge in [-0.2, -0.15) is 0 Å². The molecular weight excluding hydrogens is 247 g/mol. The van der Waals surface area contributed by atoms with Crippen molar-refractivity contribution < 1.29 is 4.39 Å². The van der Waals surface area contributed by atoms with Crippen LogP contribution in [0, 0.1) is 11.7 Å². The number of hydrogen-bond donors (Lipinski definition) is 0. The molecule has 0 aliphatic carbocycles. The normalized spacial score (nSPS) is 10.9. The highest BCUT2D eigenvalue weighted by Gasteiger charge is 2.05. The van der Waals surface area contributed by atoms with Gasteiger partial charge < -0.3 is 0 Å². The third-order valence-electron chi connectivity index (χ3n) is 2.84. The van der Waals surface area contributed by atoms with Crippen molar-refractivity contribution in [3.63, 3.8) is 0 Å². The Bertz CT molecular complexity index is 529. The highest BCUT2D eigenvalue weighted by molar-refractivity contribution is 6.33. The molecule has 0 saturated carbocycles. The molecule has 0 heterocycles. The monoisotopic (exact) mass is 262 g/mol. The quantitative estimate of drug-likeness (QED) is 0.700. The van der Waals surface area contributed by atoms with Gasteiger partial charge in [-0.05, 0) is 41.7 Å². The van der Waals surface area contributed by atoms with Crippen LogP contribution in [0.3, 0.4) is 0 Å². The summed E-state index contributed by atoms with van der Waals surface area (Å²) in [7, 11) is 0. The van der Waals surface area contributed by atoms with Gasteiger partial charge in [0.25, 0.3) is 0 Å². The summed E-state index contributed by atoms with van der Waals surface area (Å²) in [5, 5.41) is 0.451. The first-order valence-corrected chi connectivity index (χ1v) is 6.48. The van der Waals surface area contributed by atoms with E-state index in [0.29, 0.717) is 10.9 Å². The molecule has 0 fully saturated rings. The fourth-order valence-electron chi connectivity index (χ4n) is 2.02. The second kappa shape index (κ2) is 5.53. The van der Waals surface area contributed by atoms with Gasteiger partial charge in [-0.25, -0.2) is 4.39 Å². The molecule has 0 nitrogen and oxygen atoms in total. The van der Waals surface area contributed by atoms with E-state index in [0.717, 1.165) is 17.5 Å². The Hall–Kier alpha value is -1.34. The Kier molecular flexibility index (Phi) is 4.03. The van der Waals surface area contributed by atoms with Crippen LogP contribution in [0.4, 0.5) is 4.39 Å². The number of halogens is 2. The maximum Gasteiger partial charge on any atom is 0.124 e. The van der Waals surface area contributed by atoms with Crippen molar-refractivity contribution in [1.82, 2.24) is 0 Å². The van der Waals surface area contributed by atoms with E-state index in [4.69, 9.17) is 11.6 Å². The summed E-state index contributed by atoms with van der Waals surface area (Å²) < 4.78 is 13.0. The average Bonchev–Trinajstić information content (AvgIpc) is 2.30. The van der Waals surface area contributed by atoms with Gasteiger partial charge in [0.15, 0.2) is 0 Å². The van der Waals surface area contributed by atoms with Gasteiger partial charge in [0.2, 0.25) is 0 Å². The zero-order valence-electron chi connectivity index (χ0n) is 10.6. The summed E-state index contributed by atoms with van der Waals surface area (Å²) in [5.41, 5.74) is 3.20. The molecule has 2 heteroatoms. The Morgan fingerprint density at radius 1 is 1.06 bits per heavy atom. The smallest absolute Gasteiger partial charge is 0.124 e. The van der Waals surface area contributed by atoms with Crippen LogP contribution in [0.2, 0.25) is 5.02 Å². The van der Waals surface area contributed by atoms with E-state index >= 15 is 0 Å². The Morgan fingerprint density at radius 2 is 1.72 bits per heavy atom. The molecule has 0 spiro atoms. The first-order valence-electron chi connectivity index (χ1n) is 6.10. The first-order chi connectivity index (χ1) is 8.56. The number of rotatable bonds is 3. The maximum absolute atomic E-state index is 13.0. The van der Waals surface area contributed by atoms with Crippen LogP contribution in [0.25, 0.3) is 11.1 Å². The minimum Gasteiger partial charge on any atom is -0.207 e. The lowest BCUT2D eigenvalue weighted by atomic mass is 9.99. The molecule has 0 bridgehead atoms. The van der Waals surface area contributed by atoms with Gasteiger partial charge in [0.1, 0.15) is 5.82 Å². The van der Waals surface area contributed by atoms with Crippen LogP contribution in [-0.4, -0.2) is 0 Å². The molecule has 0 aliphatic rings. The van der Waals surface area contributed by atoms with Crippen molar-refractivity contribution in [1.29, 1.82) is 0 Å². The van der Waals surface area contributed by atoms with E-state index in [1.54, 1.807) is 6.07 Å². The van der Waals surface area contributed by atoms with Crippen LogP contribution in [-0.2, 0) is 6.42 Å². The molecule has 18 heavy (non-hydrogen) atoms. The molecule has 2 aromatic carbocycles. The van der Waals surface area contributed by atoms with E-state index < -0.39 is 0 Å². The molecule has 0 aliphatic heterocycles. The highest BCUT2D eigenvalue weighted by atomic mass is 35.5. The van der Waals surface area contributed by atoms with Crippen molar-refractivity contribution >= 4 is 11.6 Å². The van der Waals surface area contributed by atoms with Gasteiger partial charge in [-0.15, -0.1) is 0 Å². The van der Waals surface area contributed by atoms with Crippen LogP contribution < -0.4 is 0 Å². The van der Waals surface area contributed by atoms with Crippen molar-refractivity contribution in [3.05, 3.63) is 58.9 Å². The standard InChI is InChI=1S/C16H16ClF/c1-11(2)9-12-3-5-13(6-4-12)15-8-7-14(18)10-16(15)17/h3-8,10-11H,9H2,1-2H3. The summed E-state index contributed by atoms with van der Waals surface area (Å²) >= 11 is 6.05. The van der Waals surface area contributed by atoms with E-state index in [1.165, 1.54) is 17.7 Å². The molecule has 0 N–H and O–H groups in total. The van der Waals surface area contributed by atoms with Crippen LogP contribution in [0.5, 0.6) is 0 Å². The minimum absolute atomic E-state index is 0.305. The predicted molar refractivity (Wildman–Crippen MR) is 75.4 cm³/mol. The molecule has 2 rings (SSSR count). The van der Waals surface area contributed by atoms with E-state index in [-0.39, 0.29) is 5.82 Å². The fraction of sp³-hybridized carbons (Fsp3) is 0.250. The fourth-order valence-corrected chi connectivity index (χ4v) is 2.29. The van der Waals surface area contributed by atoms with E-state index in [2.05, 4.69) is 26.0 Å². The average molecular weight is 263 g/mol. The lowest BCUT2D eigenvalue weighted by molar-refractivity contribution is 0.628. The van der Waals surface area contributed by atoms with E-state index in [9.17, 15) is 4.39 Å². The van der Waals surface area contributed by atoms with Gasteiger partial charge in [0, 0.05) is 5.56 Å². The number of benzene rings is 2. The van der Waals surface area contributed by atoms with Gasteiger partial charge >= 0.3 is 0 Å². The van der Waals surface area contributed by atoms with Gasteiger partial charge in [-0.3, -0.25) is 0 Å². The Labute approximate surface area is 112 Å². The van der Waals surface area contributed by atoms with Crippen molar-refractivity contribution in [2.24, 2.45) is 5.92 Å². The summed E-state index contributed by atoms with van der Waals surface area (Å²) in [6.07, 6.45) is 1.07. The zero-order chi connectivity index (χ0) is 13.1. The Morgan fingerprint density at radius 3 is 2.28 bits per heavy atom. The summed E-state index contributed by atoms with van der Waals surface area (Å²) in [6, 6.07) is 12.8. The molecule has 0 atom stereocenters. The van der Waals surface area contributed by atoms with Crippen molar-refractivity contribution in [2.75, 3.05) is 0 Å². The van der Waals surface area contributed by atoms with Crippen molar-refractivity contribution in [2.45, 2.75) is 20.3 Å². The first kappa shape index (κ1) is 13.1. The van der Waals surface area contributed by atoms with Gasteiger partial charge in [-0.1, -0.05) is 49.7 Å². The lowest BCUT2D eigenvalue weighted by Gasteiger charge is -2.08. The molecule has 0 radical (unpaired) electrons. The topological polar surface area (TPSA) is 0 Å². The predicted octanol–water partition coefficient (Wildman–Crippen LogP) is 5.34. The molecular formula is C16H16ClF. The largest absolute Gasteiger partial charge is 0.207 e. The second-order valence-corrected chi connectivity index (χ2v) is 5.33. The molecule has 0 amide bonds. The van der Waals surface area contributed by atoms with E-state index in [1.807, 2.05) is 12.1 Å². The molecule has 0 aromatic heterocycles. The Balaban J connectivity index is 2.28. The molecule has 2 aromatic rings. The SMILES string of the molecule is CC(C)Cc1ccc(-c2ccc(F)cc2Cl)cc1. The van der Waals surface area contributed by atoms with Crippen LogP contribution >= 0.6 is 11.6 Å².